The first-order valence-electron chi connectivity index (χ1n) is 5.32. The van der Waals surface area contributed by atoms with E-state index in [1.165, 1.54) is 12.8 Å². The molecule has 2 rings (SSSR count). The number of hydrogen-bond acceptors (Lipinski definition) is 2. The van der Waals surface area contributed by atoms with Gasteiger partial charge in [0.25, 0.3) is 0 Å². The van der Waals surface area contributed by atoms with E-state index in [0.717, 1.165) is 17.9 Å². The molecule has 2 N–H and O–H groups in total. The zero-order valence-corrected chi connectivity index (χ0v) is 9.22. The summed E-state index contributed by atoms with van der Waals surface area (Å²) in [6, 6.07) is 2.76. The minimum atomic E-state index is 0.478. The predicted octanol–water partition coefficient (Wildman–Crippen LogP) is 2.00. The van der Waals surface area contributed by atoms with E-state index in [1.807, 2.05) is 6.92 Å². The molecule has 14 heavy (non-hydrogen) atoms. The van der Waals surface area contributed by atoms with Crippen molar-refractivity contribution in [1.82, 2.24) is 15.5 Å². The van der Waals surface area contributed by atoms with Gasteiger partial charge < -0.3 is 5.32 Å². The minimum Gasteiger partial charge on any atom is -0.308 e. The molecule has 1 fully saturated rings. The molecule has 1 saturated carbocycles. The average Bonchev–Trinajstić information content (AvgIpc) is 2.50. The van der Waals surface area contributed by atoms with E-state index in [2.05, 4.69) is 35.4 Å². The molecule has 1 aromatic rings. The van der Waals surface area contributed by atoms with Crippen molar-refractivity contribution in [3.05, 3.63) is 17.5 Å². The highest BCUT2D eigenvalue weighted by Crippen LogP contribution is 2.39. The summed E-state index contributed by atoms with van der Waals surface area (Å²) in [5.74, 6) is 0. The standard InChI is InChI=1S/C11H19N3/c1-8-6-9(14-13-8)7-12-10-4-5-11(10,2)3/h6,10,12H,4-5,7H2,1-3H3,(H,13,14). The van der Waals surface area contributed by atoms with Crippen LogP contribution in [0.2, 0.25) is 0 Å². The Morgan fingerprint density at radius 2 is 2.43 bits per heavy atom. The third kappa shape index (κ3) is 1.82. The molecule has 1 aliphatic rings. The first-order valence-corrected chi connectivity index (χ1v) is 5.32. The van der Waals surface area contributed by atoms with E-state index in [-0.39, 0.29) is 0 Å². The summed E-state index contributed by atoms with van der Waals surface area (Å²) < 4.78 is 0. The Morgan fingerprint density at radius 3 is 2.86 bits per heavy atom. The van der Waals surface area contributed by atoms with Crippen molar-refractivity contribution in [1.29, 1.82) is 0 Å². The van der Waals surface area contributed by atoms with Crippen molar-refractivity contribution in [3.8, 4) is 0 Å². The van der Waals surface area contributed by atoms with Gasteiger partial charge in [-0.05, 0) is 31.2 Å². The quantitative estimate of drug-likeness (QED) is 0.770. The van der Waals surface area contributed by atoms with Gasteiger partial charge in [-0.2, -0.15) is 5.10 Å². The number of nitrogens with zero attached hydrogens (tertiary/aromatic N) is 1. The highest BCUT2D eigenvalue weighted by atomic mass is 15.1. The molecule has 0 aromatic carbocycles. The zero-order valence-electron chi connectivity index (χ0n) is 9.22. The maximum Gasteiger partial charge on any atom is 0.0762 e. The van der Waals surface area contributed by atoms with E-state index in [1.54, 1.807) is 0 Å². The third-order valence-electron chi connectivity index (χ3n) is 3.31. The highest BCUT2D eigenvalue weighted by Gasteiger charge is 2.37. The first-order chi connectivity index (χ1) is 6.58. The Labute approximate surface area is 85.3 Å². The van der Waals surface area contributed by atoms with Crippen molar-refractivity contribution >= 4 is 0 Å². The topological polar surface area (TPSA) is 40.7 Å². The number of rotatable bonds is 3. The van der Waals surface area contributed by atoms with Gasteiger partial charge >= 0.3 is 0 Å². The van der Waals surface area contributed by atoms with E-state index in [9.17, 15) is 0 Å². The second-order valence-corrected chi connectivity index (χ2v) is 5.00. The highest BCUT2D eigenvalue weighted by molar-refractivity contribution is 5.07. The molecule has 1 heterocycles. The van der Waals surface area contributed by atoms with E-state index in [4.69, 9.17) is 0 Å². The second-order valence-electron chi connectivity index (χ2n) is 5.00. The van der Waals surface area contributed by atoms with Gasteiger partial charge in [-0.1, -0.05) is 13.8 Å². The molecule has 0 bridgehead atoms. The molecule has 1 unspecified atom stereocenters. The molecule has 1 aliphatic carbocycles. The Balaban J connectivity index is 1.83. The molecule has 0 aliphatic heterocycles. The Morgan fingerprint density at radius 1 is 1.64 bits per heavy atom. The summed E-state index contributed by atoms with van der Waals surface area (Å²) in [7, 11) is 0. The summed E-state index contributed by atoms with van der Waals surface area (Å²) in [5.41, 5.74) is 2.73. The Bertz CT molecular complexity index is 314. The number of hydrogen-bond donors (Lipinski definition) is 2. The molecule has 1 atom stereocenters. The summed E-state index contributed by atoms with van der Waals surface area (Å²) in [6.07, 6.45) is 2.64. The van der Waals surface area contributed by atoms with Gasteiger partial charge in [-0.3, -0.25) is 5.10 Å². The molecule has 78 valence electrons. The summed E-state index contributed by atoms with van der Waals surface area (Å²) in [6.45, 7) is 7.57. The van der Waals surface area contributed by atoms with Crippen molar-refractivity contribution < 1.29 is 0 Å². The molecular weight excluding hydrogens is 174 g/mol. The van der Waals surface area contributed by atoms with Crippen LogP contribution in [0.4, 0.5) is 0 Å². The van der Waals surface area contributed by atoms with E-state index in [0.29, 0.717) is 11.5 Å². The normalized spacial score (nSPS) is 24.6. The summed E-state index contributed by atoms with van der Waals surface area (Å²) in [5, 5.41) is 10.7. The third-order valence-corrected chi connectivity index (χ3v) is 3.31. The van der Waals surface area contributed by atoms with Crippen molar-refractivity contribution in [2.24, 2.45) is 5.41 Å². The SMILES string of the molecule is Cc1cc(CNC2CCC2(C)C)n[nH]1. The van der Waals surface area contributed by atoms with Gasteiger partial charge in [0, 0.05) is 18.3 Å². The smallest absolute Gasteiger partial charge is 0.0762 e. The van der Waals surface area contributed by atoms with Crippen LogP contribution < -0.4 is 5.32 Å². The van der Waals surface area contributed by atoms with Crippen molar-refractivity contribution in [2.45, 2.75) is 46.2 Å². The van der Waals surface area contributed by atoms with Crippen LogP contribution in [0.3, 0.4) is 0 Å². The fraction of sp³-hybridized carbons (Fsp3) is 0.727. The molecule has 3 nitrogen and oxygen atoms in total. The van der Waals surface area contributed by atoms with Crippen LogP contribution in [0.1, 0.15) is 38.1 Å². The van der Waals surface area contributed by atoms with Gasteiger partial charge in [0.2, 0.25) is 0 Å². The number of aryl methyl sites for hydroxylation is 1. The monoisotopic (exact) mass is 193 g/mol. The summed E-state index contributed by atoms with van der Waals surface area (Å²) in [4.78, 5) is 0. The maximum absolute atomic E-state index is 4.21. The molecule has 1 aromatic heterocycles. The lowest BCUT2D eigenvalue weighted by molar-refractivity contribution is 0.107. The molecule has 3 heteroatoms. The van der Waals surface area contributed by atoms with Gasteiger partial charge in [-0.15, -0.1) is 0 Å². The van der Waals surface area contributed by atoms with Crippen LogP contribution >= 0.6 is 0 Å². The van der Waals surface area contributed by atoms with Crippen LogP contribution in [0.5, 0.6) is 0 Å². The van der Waals surface area contributed by atoms with E-state index < -0.39 is 0 Å². The first kappa shape index (κ1) is 9.71. The van der Waals surface area contributed by atoms with Crippen LogP contribution in [-0.2, 0) is 6.54 Å². The molecular formula is C11H19N3. The lowest BCUT2D eigenvalue weighted by Gasteiger charge is -2.45. The molecule has 0 spiro atoms. The average molecular weight is 193 g/mol. The summed E-state index contributed by atoms with van der Waals surface area (Å²) >= 11 is 0. The molecule has 0 amide bonds. The van der Waals surface area contributed by atoms with Gasteiger partial charge in [0.1, 0.15) is 0 Å². The number of aromatic amines is 1. The fourth-order valence-corrected chi connectivity index (χ4v) is 2.04. The van der Waals surface area contributed by atoms with Gasteiger partial charge in [0.05, 0.1) is 5.69 Å². The van der Waals surface area contributed by atoms with Crippen molar-refractivity contribution in [2.75, 3.05) is 0 Å². The van der Waals surface area contributed by atoms with Crippen LogP contribution in [0, 0.1) is 12.3 Å². The number of nitrogens with one attached hydrogen (secondary N) is 2. The van der Waals surface area contributed by atoms with Crippen molar-refractivity contribution in [3.63, 3.8) is 0 Å². The fourth-order valence-electron chi connectivity index (χ4n) is 2.04. The predicted molar refractivity (Wildman–Crippen MR) is 57.0 cm³/mol. The van der Waals surface area contributed by atoms with Gasteiger partial charge in [-0.25, -0.2) is 0 Å². The van der Waals surface area contributed by atoms with Gasteiger partial charge in [0.15, 0.2) is 0 Å². The zero-order chi connectivity index (χ0) is 10.2. The minimum absolute atomic E-state index is 0.478. The van der Waals surface area contributed by atoms with Crippen LogP contribution in [0.15, 0.2) is 6.07 Å². The van der Waals surface area contributed by atoms with E-state index >= 15 is 0 Å². The largest absolute Gasteiger partial charge is 0.308 e. The Kier molecular flexibility index (Phi) is 2.35. The van der Waals surface area contributed by atoms with Crippen LogP contribution in [-0.4, -0.2) is 16.2 Å². The number of aromatic nitrogens is 2. The number of H-pyrrole nitrogens is 1. The maximum atomic E-state index is 4.21. The Hall–Kier alpha value is -0.830. The molecule has 0 radical (unpaired) electrons. The van der Waals surface area contributed by atoms with Crippen LogP contribution in [0.25, 0.3) is 0 Å². The lowest BCUT2D eigenvalue weighted by atomic mass is 9.67. The lowest BCUT2D eigenvalue weighted by Crippen LogP contribution is -2.49. The second kappa shape index (κ2) is 3.39. The molecule has 0 saturated heterocycles.